The molecule has 1 aromatic rings. The van der Waals surface area contributed by atoms with Crippen LogP contribution in [0.25, 0.3) is 0 Å². The smallest absolute Gasteiger partial charge is 0.410 e. The van der Waals surface area contributed by atoms with E-state index in [1.807, 2.05) is 30.3 Å². The number of carboxylic acid groups (broad SMARTS) is 1. The molecule has 0 aromatic heterocycles. The van der Waals surface area contributed by atoms with Gasteiger partial charge in [-0.05, 0) is 12.0 Å². The molecule has 6 heteroatoms. The highest BCUT2D eigenvalue weighted by Crippen LogP contribution is 2.21. The van der Waals surface area contributed by atoms with Crippen molar-refractivity contribution >= 4 is 12.1 Å². The Labute approximate surface area is 123 Å². The van der Waals surface area contributed by atoms with Crippen LogP contribution in [0.5, 0.6) is 0 Å². The van der Waals surface area contributed by atoms with Gasteiger partial charge in [-0.15, -0.1) is 0 Å². The highest BCUT2D eigenvalue weighted by Gasteiger charge is 2.37. The van der Waals surface area contributed by atoms with Crippen LogP contribution in [0, 0.1) is 5.92 Å². The molecule has 0 bridgehead atoms. The Morgan fingerprint density at radius 1 is 1.43 bits per heavy atom. The lowest BCUT2D eigenvalue weighted by atomic mass is 9.98. The summed E-state index contributed by atoms with van der Waals surface area (Å²) in [4.78, 5) is 24.6. The molecule has 2 rings (SSSR count). The number of ether oxygens (including phenoxy) is 2. The van der Waals surface area contributed by atoms with Crippen LogP contribution in [-0.4, -0.2) is 48.4 Å². The molecule has 1 amide bonds. The minimum atomic E-state index is -1.04. The predicted molar refractivity (Wildman–Crippen MR) is 74.7 cm³/mol. The molecule has 1 heterocycles. The Bertz CT molecular complexity index is 484. The zero-order valence-corrected chi connectivity index (χ0v) is 11.9. The molecule has 1 N–H and O–H groups in total. The van der Waals surface area contributed by atoms with E-state index in [0.29, 0.717) is 19.6 Å². The number of benzene rings is 1. The minimum Gasteiger partial charge on any atom is -0.480 e. The van der Waals surface area contributed by atoms with Gasteiger partial charge in [0.15, 0.2) is 0 Å². The van der Waals surface area contributed by atoms with Crippen molar-refractivity contribution in [3.05, 3.63) is 35.9 Å². The number of rotatable bonds is 5. The van der Waals surface area contributed by atoms with E-state index in [1.165, 1.54) is 7.05 Å². The predicted octanol–water partition coefficient (Wildman–Crippen LogP) is 1.74. The Balaban J connectivity index is 1.94. The van der Waals surface area contributed by atoms with E-state index in [1.54, 1.807) is 0 Å². The standard InChI is InChI=1S/C15H19NO5/c1-16(13(14(17)18)12-7-8-20-10-12)15(19)21-9-11-5-3-2-4-6-11/h2-6,12-13H,7-10H2,1H3,(H,17,18). The highest BCUT2D eigenvalue weighted by atomic mass is 16.6. The van der Waals surface area contributed by atoms with Crippen molar-refractivity contribution in [1.29, 1.82) is 0 Å². The molecule has 2 atom stereocenters. The minimum absolute atomic E-state index is 0.123. The number of carbonyl (C=O) groups excluding carboxylic acids is 1. The Morgan fingerprint density at radius 3 is 2.71 bits per heavy atom. The van der Waals surface area contributed by atoms with Crippen molar-refractivity contribution in [3.8, 4) is 0 Å². The average molecular weight is 293 g/mol. The fourth-order valence-electron chi connectivity index (χ4n) is 2.42. The maximum Gasteiger partial charge on any atom is 0.410 e. The molecule has 0 aliphatic carbocycles. The number of aliphatic carboxylic acids is 1. The molecule has 0 spiro atoms. The Morgan fingerprint density at radius 2 is 2.14 bits per heavy atom. The summed E-state index contributed by atoms with van der Waals surface area (Å²) in [5.41, 5.74) is 0.857. The summed E-state index contributed by atoms with van der Waals surface area (Å²) in [6, 6.07) is 8.33. The van der Waals surface area contributed by atoms with Gasteiger partial charge >= 0.3 is 12.1 Å². The Kier molecular flexibility index (Phi) is 5.16. The third-order valence-corrected chi connectivity index (χ3v) is 3.57. The summed E-state index contributed by atoms with van der Waals surface area (Å²) in [5, 5.41) is 9.33. The van der Waals surface area contributed by atoms with Crippen molar-refractivity contribution in [2.75, 3.05) is 20.3 Å². The normalized spacial score (nSPS) is 19.0. The van der Waals surface area contributed by atoms with E-state index in [2.05, 4.69) is 0 Å². The molecule has 0 saturated carbocycles. The van der Waals surface area contributed by atoms with Crippen LogP contribution in [0.3, 0.4) is 0 Å². The average Bonchev–Trinajstić information content (AvgIpc) is 2.99. The summed E-state index contributed by atoms with van der Waals surface area (Å²) in [5.74, 6) is -1.23. The first-order valence-electron chi connectivity index (χ1n) is 6.83. The number of likely N-dealkylation sites (N-methyl/N-ethyl adjacent to an activating group) is 1. The molecular formula is C15H19NO5. The van der Waals surface area contributed by atoms with Crippen LogP contribution in [-0.2, 0) is 20.9 Å². The van der Waals surface area contributed by atoms with Gasteiger partial charge in [-0.2, -0.15) is 0 Å². The van der Waals surface area contributed by atoms with Gasteiger partial charge in [0.05, 0.1) is 6.61 Å². The summed E-state index contributed by atoms with van der Waals surface area (Å²) < 4.78 is 10.4. The van der Waals surface area contributed by atoms with Crippen LogP contribution in [0.2, 0.25) is 0 Å². The topological polar surface area (TPSA) is 76.1 Å². The van der Waals surface area contributed by atoms with E-state index in [4.69, 9.17) is 9.47 Å². The molecule has 114 valence electrons. The lowest BCUT2D eigenvalue weighted by molar-refractivity contribution is -0.144. The Hall–Kier alpha value is -2.08. The monoisotopic (exact) mass is 293 g/mol. The summed E-state index contributed by atoms with van der Waals surface area (Å²) in [6.07, 6.45) is -0.00838. The molecule has 1 fully saturated rings. The van der Waals surface area contributed by atoms with Gasteiger partial charge in [-0.3, -0.25) is 4.90 Å². The van der Waals surface area contributed by atoms with Gasteiger partial charge in [0.2, 0.25) is 0 Å². The zero-order valence-electron chi connectivity index (χ0n) is 11.9. The second-order valence-corrected chi connectivity index (χ2v) is 5.06. The van der Waals surface area contributed by atoms with E-state index < -0.39 is 18.1 Å². The van der Waals surface area contributed by atoms with Crippen molar-refractivity contribution < 1.29 is 24.2 Å². The number of nitrogens with zero attached hydrogens (tertiary/aromatic N) is 1. The molecule has 1 saturated heterocycles. The lowest BCUT2D eigenvalue weighted by Gasteiger charge is -2.27. The molecule has 21 heavy (non-hydrogen) atoms. The maximum absolute atomic E-state index is 12.0. The fourth-order valence-corrected chi connectivity index (χ4v) is 2.42. The van der Waals surface area contributed by atoms with E-state index in [0.717, 1.165) is 10.5 Å². The highest BCUT2D eigenvalue weighted by molar-refractivity contribution is 5.80. The van der Waals surface area contributed by atoms with Crippen molar-refractivity contribution in [2.24, 2.45) is 5.92 Å². The number of carboxylic acids is 1. The van der Waals surface area contributed by atoms with Gasteiger partial charge in [0.25, 0.3) is 0 Å². The number of amides is 1. The second kappa shape index (κ2) is 7.08. The number of carbonyl (C=O) groups is 2. The van der Waals surface area contributed by atoms with Crippen LogP contribution in [0.1, 0.15) is 12.0 Å². The first-order chi connectivity index (χ1) is 10.1. The largest absolute Gasteiger partial charge is 0.480 e. The van der Waals surface area contributed by atoms with Crippen molar-refractivity contribution in [1.82, 2.24) is 4.90 Å². The third-order valence-electron chi connectivity index (χ3n) is 3.57. The van der Waals surface area contributed by atoms with Crippen molar-refractivity contribution in [2.45, 2.75) is 19.1 Å². The molecule has 1 aromatic carbocycles. The summed E-state index contributed by atoms with van der Waals surface area (Å²) in [6.45, 7) is 1.01. The van der Waals surface area contributed by atoms with E-state index >= 15 is 0 Å². The molecule has 2 unspecified atom stereocenters. The first-order valence-corrected chi connectivity index (χ1v) is 6.83. The quantitative estimate of drug-likeness (QED) is 0.895. The first kappa shape index (κ1) is 15.3. The van der Waals surface area contributed by atoms with Gasteiger partial charge < -0.3 is 14.6 Å². The summed E-state index contributed by atoms with van der Waals surface area (Å²) >= 11 is 0. The summed E-state index contributed by atoms with van der Waals surface area (Å²) in [7, 11) is 1.45. The second-order valence-electron chi connectivity index (χ2n) is 5.06. The van der Waals surface area contributed by atoms with Gasteiger partial charge in [0, 0.05) is 19.6 Å². The molecule has 1 aliphatic heterocycles. The van der Waals surface area contributed by atoms with Crippen LogP contribution in [0.15, 0.2) is 30.3 Å². The van der Waals surface area contributed by atoms with Crippen LogP contribution < -0.4 is 0 Å². The van der Waals surface area contributed by atoms with Crippen molar-refractivity contribution in [3.63, 3.8) is 0 Å². The molecule has 0 radical (unpaired) electrons. The third kappa shape index (κ3) is 3.95. The van der Waals surface area contributed by atoms with Crippen LogP contribution >= 0.6 is 0 Å². The SMILES string of the molecule is CN(C(=O)OCc1ccccc1)C(C(=O)O)C1CCOC1. The van der Waals surface area contributed by atoms with Gasteiger partial charge in [-0.1, -0.05) is 30.3 Å². The zero-order chi connectivity index (χ0) is 15.2. The lowest BCUT2D eigenvalue weighted by Crippen LogP contribution is -2.47. The molecular weight excluding hydrogens is 274 g/mol. The number of hydrogen-bond acceptors (Lipinski definition) is 4. The fraction of sp³-hybridized carbons (Fsp3) is 0.467. The van der Waals surface area contributed by atoms with E-state index in [-0.39, 0.29) is 12.5 Å². The maximum atomic E-state index is 12.0. The van der Waals surface area contributed by atoms with E-state index in [9.17, 15) is 14.7 Å². The van der Waals surface area contributed by atoms with Gasteiger partial charge in [0.1, 0.15) is 12.6 Å². The van der Waals surface area contributed by atoms with Crippen LogP contribution in [0.4, 0.5) is 4.79 Å². The molecule has 6 nitrogen and oxygen atoms in total. The molecule has 1 aliphatic rings. The van der Waals surface area contributed by atoms with Gasteiger partial charge in [-0.25, -0.2) is 9.59 Å². The number of hydrogen-bond donors (Lipinski definition) is 1.